The summed E-state index contributed by atoms with van der Waals surface area (Å²) in [6.07, 6.45) is 1.70. The van der Waals surface area contributed by atoms with Crippen LogP contribution in [0, 0.1) is 0 Å². The molecule has 2 N–H and O–H groups in total. The van der Waals surface area contributed by atoms with Gasteiger partial charge in [-0.1, -0.05) is 11.6 Å². The molecule has 2 amide bonds. The number of halogens is 1. The van der Waals surface area contributed by atoms with Gasteiger partial charge in [0.05, 0.1) is 0 Å². The zero-order chi connectivity index (χ0) is 14.5. The minimum atomic E-state index is -0.271. The van der Waals surface area contributed by atoms with Gasteiger partial charge in [-0.05, 0) is 32.9 Å². The molecule has 0 saturated heterocycles. The SMILES string of the molecule is CC(C)(C)NC(=O)CCNC(=O)c1ccnc(Cl)c1. The quantitative estimate of drug-likeness (QED) is 0.827. The molecule has 0 fully saturated rings. The Morgan fingerprint density at radius 1 is 1.37 bits per heavy atom. The van der Waals surface area contributed by atoms with Gasteiger partial charge in [-0.3, -0.25) is 9.59 Å². The summed E-state index contributed by atoms with van der Waals surface area (Å²) in [6, 6.07) is 3.04. The number of rotatable bonds is 4. The van der Waals surface area contributed by atoms with Gasteiger partial charge in [-0.2, -0.15) is 0 Å². The Bertz CT molecular complexity index is 469. The van der Waals surface area contributed by atoms with E-state index in [1.807, 2.05) is 20.8 Å². The summed E-state index contributed by atoms with van der Waals surface area (Å²) in [5, 5.41) is 5.74. The first-order chi connectivity index (χ1) is 8.78. The first kappa shape index (κ1) is 15.4. The summed E-state index contributed by atoms with van der Waals surface area (Å²) in [7, 11) is 0. The number of nitrogens with one attached hydrogen (secondary N) is 2. The molecule has 5 nitrogen and oxygen atoms in total. The molecule has 19 heavy (non-hydrogen) atoms. The van der Waals surface area contributed by atoms with Crippen molar-refractivity contribution in [3.8, 4) is 0 Å². The lowest BCUT2D eigenvalue weighted by Crippen LogP contribution is -2.41. The van der Waals surface area contributed by atoms with E-state index >= 15 is 0 Å². The van der Waals surface area contributed by atoms with Crippen molar-refractivity contribution in [1.29, 1.82) is 0 Å². The first-order valence-corrected chi connectivity index (χ1v) is 6.36. The highest BCUT2D eigenvalue weighted by atomic mass is 35.5. The Labute approximate surface area is 117 Å². The Kier molecular flexibility index (Phi) is 5.30. The number of pyridine rings is 1. The van der Waals surface area contributed by atoms with E-state index in [0.29, 0.717) is 5.56 Å². The maximum Gasteiger partial charge on any atom is 0.251 e. The molecular formula is C13H18ClN3O2. The van der Waals surface area contributed by atoms with Gasteiger partial charge in [-0.25, -0.2) is 4.98 Å². The van der Waals surface area contributed by atoms with Crippen molar-refractivity contribution in [3.63, 3.8) is 0 Å². The second-order valence-electron chi connectivity index (χ2n) is 5.17. The minimum Gasteiger partial charge on any atom is -0.352 e. The molecule has 1 aromatic heterocycles. The molecule has 0 aliphatic carbocycles. The van der Waals surface area contributed by atoms with Gasteiger partial charge in [0.15, 0.2) is 0 Å². The number of nitrogens with zero attached hydrogens (tertiary/aromatic N) is 1. The van der Waals surface area contributed by atoms with Gasteiger partial charge < -0.3 is 10.6 Å². The van der Waals surface area contributed by atoms with Crippen LogP contribution in [-0.4, -0.2) is 28.9 Å². The predicted molar refractivity (Wildman–Crippen MR) is 74.1 cm³/mol. The third kappa shape index (κ3) is 6.20. The largest absolute Gasteiger partial charge is 0.352 e. The summed E-state index contributed by atoms with van der Waals surface area (Å²) >= 11 is 5.69. The third-order valence-electron chi connectivity index (χ3n) is 2.14. The zero-order valence-corrected chi connectivity index (χ0v) is 12.0. The second-order valence-corrected chi connectivity index (χ2v) is 5.56. The van der Waals surface area contributed by atoms with Crippen LogP contribution in [0.2, 0.25) is 5.15 Å². The second kappa shape index (κ2) is 6.52. The van der Waals surface area contributed by atoms with Crippen LogP contribution in [-0.2, 0) is 4.79 Å². The maximum absolute atomic E-state index is 11.7. The topological polar surface area (TPSA) is 71.1 Å². The van der Waals surface area contributed by atoms with Crippen LogP contribution < -0.4 is 10.6 Å². The van der Waals surface area contributed by atoms with Gasteiger partial charge >= 0.3 is 0 Å². The molecule has 0 bridgehead atoms. The highest BCUT2D eigenvalue weighted by Gasteiger charge is 2.13. The Hall–Kier alpha value is -1.62. The van der Waals surface area contributed by atoms with Gasteiger partial charge in [0.1, 0.15) is 5.15 Å². The van der Waals surface area contributed by atoms with Crippen molar-refractivity contribution in [2.45, 2.75) is 32.7 Å². The average Bonchev–Trinajstić information content (AvgIpc) is 2.26. The van der Waals surface area contributed by atoms with E-state index < -0.39 is 0 Å². The smallest absolute Gasteiger partial charge is 0.251 e. The molecule has 0 aliphatic rings. The molecular weight excluding hydrogens is 266 g/mol. The van der Waals surface area contributed by atoms with Crippen LogP contribution in [0.5, 0.6) is 0 Å². The molecule has 1 aromatic rings. The highest BCUT2D eigenvalue weighted by molar-refractivity contribution is 6.29. The van der Waals surface area contributed by atoms with Gasteiger partial charge in [0.25, 0.3) is 5.91 Å². The molecule has 1 rings (SSSR count). The molecule has 104 valence electrons. The fourth-order valence-corrected chi connectivity index (χ4v) is 1.59. The van der Waals surface area contributed by atoms with Crippen LogP contribution in [0.3, 0.4) is 0 Å². The van der Waals surface area contributed by atoms with Crippen molar-refractivity contribution in [1.82, 2.24) is 15.6 Å². The molecule has 0 aliphatic heterocycles. The molecule has 6 heteroatoms. The average molecular weight is 284 g/mol. The van der Waals surface area contributed by atoms with Gasteiger partial charge in [-0.15, -0.1) is 0 Å². The number of carbonyl (C=O) groups excluding carboxylic acids is 2. The lowest BCUT2D eigenvalue weighted by Gasteiger charge is -2.20. The van der Waals surface area contributed by atoms with Crippen molar-refractivity contribution in [2.24, 2.45) is 0 Å². The summed E-state index contributed by atoms with van der Waals surface area (Å²) in [6.45, 7) is 5.99. The monoisotopic (exact) mass is 283 g/mol. The fraction of sp³-hybridized carbons (Fsp3) is 0.462. The van der Waals surface area contributed by atoms with Crippen molar-refractivity contribution < 1.29 is 9.59 Å². The number of aromatic nitrogens is 1. The molecule has 0 aromatic carbocycles. The lowest BCUT2D eigenvalue weighted by atomic mass is 10.1. The molecule has 1 heterocycles. The normalized spacial score (nSPS) is 10.9. The maximum atomic E-state index is 11.7. The van der Waals surface area contributed by atoms with E-state index in [9.17, 15) is 9.59 Å². The van der Waals surface area contributed by atoms with Crippen molar-refractivity contribution in [3.05, 3.63) is 29.0 Å². The molecule has 0 unspecified atom stereocenters. The van der Waals surface area contributed by atoms with E-state index in [1.54, 1.807) is 6.07 Å². The van der Waals surface area contributed by atoms with Crippen molar-refractivity contribution in [2.75, 3.05) is 6.54 Å². The highest BCUT2D eigenvalue weighted by Crippen LogP contribution is 2.06. The standard InChI is InChI=1S/C13H18ClN3O2/c1-13(2,3)17-11(18)5-7-16-12(19)9-4-6-15-10(14)8-9/h4,6,8H,5,7H2,1-3H3,(H,16,19)(H,17,18). The van der Waals surface area contributed by atoms with Crippen molar-refractivity contribution >= 4 is 23.4 Å². The number of hydrogen-bond acceptors (Lipinski definition) is 3. The van der Waals surface area contributed by atoms with E-state index in [-0.39, 0.29) is 35.5 Å². The summed E-state index contributed by atoms with van der Waals surface area (Å²) in [5.74, 6) is -0.367. The predicted octanol–water partition coefficient (Wildman–Crippen LogP) is 1.77. The molecule has 0 saturated carbocycles. The molecule has 0 spiro atoms. The Morgan fingerprint density at radius 3 is 2.63 bits per heavy atom. The Balaban J connectivity index is 2.37. The van der Waals surface area contributed by atoms with Gasteiger partial charge in [0, 0.05) is 30.3 Å². The molecule has 0 atom stereocenters. The fourth-order valence-electron chi connectivity index (χ4n) is 1.42. The van der Waals surface area contributed by atoms with Crippen LogP contribution >= 0.6 is 11.6 Å². The van der Waals surface area contributed by atoms with Crippen LogP contribution in [0.1, 0.15) is 37.6 Å². The first-order valence-electron chi connectivity index (χ1n) is 5.99. The van der Waals surface area contributed by atoms with Crippen LogP contribution in [0.4, 0.5) is 0 Å². The van der Waals surface area contributed by atoms with E-state index in [2.05, 4.69) is 15.6 Å². The third-order valence-corrected chi connectivity index (χ3v) is 2.35. The number of hydrogen-bond donors (Lipinski definition) is 2. The molecule has 0 radical (unpaired) electrons. The van der Waals surface area contributed by atoms with Crippen LogP contribution in [0.15, 0.2) is 18.3 Å². The zero-order valence-electron chi connectivity index (χ0n) is 11.3. The summed E-state index contributed by atoms with van der Waals surface area (Å²) in [5.41, 5.74) is 0.163. The van der Waals surface area contributed by atoms with Crippen LogP contribution in [0.25, 0.3) is 0 Å². The Morgan fingerprint density at radius 2 is 2.05 bits per heavy atom. The minimum absolute atomic E-state index is 0.0967. The van der Waals surface area contributed by atoms with Gasteiger partial charge in [0.2, 0.25) is 5.91 Å². The summed E-state index contributed by atoms with van der Waals surface area (Å²) in [4.78, 5) is 27.1. The van der Waals surface area contributed by atoms with E-state index in [4.69, 9.17) is 11.6 Å². The number of amides is 2. The number of carbonyl (C=O) groups is 2. The van der Waals surface area contributed by atoms with E-state index in [0.717, 1.165) is 0 Å². The lowest BCUT2D eigenvalue weighted by molar-refractivity contribution is -0.122. The summed E-state index contributed by atoms with van der Waals surface area (Å²) < 4.78 is 0. The van der Waals surface area contributed by atoms with E-state index in [1.165, 1.54) is 12.3 Å².